The molecule has 0 amide bonds. The number of thiazole rings is 1. The lowest BCUT2D eigenvalue weighted by Gasteiger charge is -2.04. The van der Waals surface area contributed by atoms with E-state index >= 15 is 0 Å². The summed E-state index contributed by atoms with van der Waals surface area (Å²) in [6.07, 6.45) is 1.89. The van der Waals surface area contributed by atoms with Crippen molar-refractivity contribution in [3.05, 3.63) is 74.3 Å². The van der Waals surface area contributed by atoms with Crippen LogP contribution in [0, 0.1) is 0 Å². The van der Waals surface area contributed by atoms with Gasteiger partial charge >= 0.3 is 0 Å². The molecule has 3 aromatic rings. The molecule has 0 bridgehead atoms. The molecule has 0 saturated carbocycles. The van der Waals surface area contributed by atoms with E-state index in [4.69, 9.17) is 34.8 Å². The van der Waals surface area contributed by atoms with Gasteiger partial charge in [-0.2, -0.15) is 0 Å². The Hall–Kier alpha value is -1.10. The van der Waals surface area contributed by atoms with Crippen molar-refractivity contribution in [2.45, 2.75) is 13.1 Å². The topological polar surface area (TPSA) is 24.9 Å². The van der Waals surface area contributed by atoms with Gasteiger partial charge in [0.15, 0.2) is 0 Å². The first-order chi connectivity index (χ1) is 11.1. The van der Waals surface area contributed by atoms with Crippen LogP contribution in [0.5, 0.6) is 0 Å². The van der Waals surface area contributed by atoms with Crippen LogP contribution >= 0.6 is 46.1 Å². The van der Waals surface area contributed by atoms with Crippen molar-refractivity contribution in [1.82, 2.24) is 10.3 Å². The van der Waals surface area contributed by atoms with Crippen LogP contribution in [0.15, 0.2) is 48.7 Å². The molecule has 0 aliphatic heterocycles. The molecule has 0 atom stereocenters. The van der Waals surface area contributed by atoms with Gasteiger partial charge in [-0.25, -0.2) is 4.98 Å². The van der Waals surface area contributed by atoms with E-state index in [2.05, 4.69) is 10.3 Å². The van der Waals surface area contributed by atoms with E-state index in [0.29, 0.717) is 23.1 Å². The number of rotatable bonds is 5. The Morgan fingerprint density at radius 1 is 0.913 bits per heavy atom. The SMILES string of the molecule is Clc1ccc(-c2cnc(CNCc3ccc(Cl)c(Cl)c3)s2)cc1. The first-order valence-corrected chi connectivity index (χ1v) is 8.92. The van der Waals surface area contributed by atoms with Gasteiger partial charge in [0.25, 0.3) is 0 Å². The average molecular weight is 384 g/mol. The molecule has 1 heterocycles. The molecule has 0 unspecified atom stereocenters. The molecule has 0 aliphatic carbocycles. The quantitative estimate of drug-likeness (QED) is 0.579. The van der Waals surface area contributed by atoms with Gasteiger partial charge in [0.2, 0.25) is 0 Å². The van der Waals surface area contributed by atoms with Gasteiger partial charge in [0.05, 0.1) is 14.9 Å². The highest BCUT2D eigenvalue weighted by atomic mass is 35.5. The molecule has 1 aromatic heterocycles. The number of aromatic nitrogens is 1. The minimum atomic E-state index is 0.572. The van der Waals surface area contributed by atoms with Crippen molar-refractivity contribution in [2.75, 3.05) is 0 Å². The van der Waals surface area contributed by atoms with Gasteiger partial charge in [-0.05, 0) is 35.4 Å². The van der Waals surface area contributed by atoms with Crippen LogP contribution in [0.3, 0.4) is 0 Å². The van der Waals surface area contributed by atoms with Gasteiger partial charge in [-0.1, -0.05) is 53.0 Å². The van der Waals surface area contributed by atoms with Gasteiger partial charge in [-0.3, -0.25) is 0 Å². The van der Waals surface area contributed by atoms with E-state index < -0.39 is 0 Å². The van der Waals surface area contributed by atoms with Gasteiger partial charge in [-0.15, -0.1) is 11.3 Å². The van der Waals surface area contributed by atoms with E-state index in [1.165, 1.54) is 0 Å². The summed E-state index contributed by atoms with van der Waals surface area (Å²) in [6, 6.07) is 13.4. The zero-order valence-corrected chi connectivity index (χ0v) is 15.1. The van der Waals surface area contributed by atoms with Crippen molar-refractivity contribution in [2.24, 2.45) is 0 Å². The monoisotopic (exact) mass is 382 g/mol. The van der Waals surface area contributed by atoms with Crippen LogP contribution in [0.1, 0.15) is 10.6 Å². The lowest BCUT2D eigenvalue weighted by molar-refractivity contribution is 0.690. The third-order valence-corrected chi connectivity index (χ3v) is 5.31. The van der Waals surface area contributed by atoms with Gasteiger partial charge in [0, 0.05) is 24.3 Å². The second-order valence-corrected chi connectivity index (χ2v) is 7.34. The minimum absolute atomic E-state index is 0.572. The molecule has 6 heteroatoms. The summed E-state index contributed by atoms with van der Waals surface area (Å²) in [5.74, 6) is 0. The smallest absolute Gasteiger partial charge is 0.107 e. The molecule has 0 radical (unpaired) electrons. The second kappa shape index (κ2) is 7.65. The maximum absolute atomic E-state index is 6.01. The number of hydrogen-bond donors (Lipinski definition) is 1. The van der Waals surface area contributed by atoms with Crippen LogP contribution in [0.2, 0.25) is 15.1 Å². The Bertz CT molecular complexity index is 800. The Morgan fingerprint density at radius 3 is 2.43 bits per heavy atom. The fourth-order valence-corrected chi connectivity index (χ4v) is 3.44. The molecule has 0 aliphatic rings. The Morgan fingerprint density at radius 2 is 1.70 bits per heavy atom. The maximum Gasteiger partial charge on any atom is 0.107 e. The van der Waals surface area contributed by atoms with Crippen molar-refractivity contribution in [3.63, 3.8) is 0 Å². The number of nitrogens with one attached hydrogen (secondary N) is 1. The average Bonchev–Trinajstić information content (AvgIpc) is 3.00. The summed E-state index contributed by atoms with van der Waals surface area (Å²) >= 11 is 19.5. The highest BCUT2D eigenvalue weighted by molar-refractivity contribution is 7.15. The van der Waals surface area contributed by atoms with E-state index in [0.717, 1.165) is 26.0 Å². The van der Waals surface area contributed by atoms with Crippen LogP contribution in [0.25, 0.3) is 10.4 Å². The first kappa shape index (κ1) is 16.7. The normalized spacial score (nSPS) is 10.9. The van der Waals surface area contributed by atoms with Gasteiger partial charge < -0.3 is 5.32 Å². The van der Waals surface area contributed by atoms with Crippen molar-refractivity contribution >= 4 is 46.1 Å². The van der Waals surface area contributed by atoms with Crippen molar-refractivity contribution < 1.29 is 0 Å². The Labute approximate surface area is 154 Å². The summed E-state index contributed by atoms with van der Waals surface area (Å²) in [4.78, 5) is 5.59. The lowest BCUT2D eigenvalue weighted by Crippen LogP contribution is -2.12. The minimum Gasteiger partial charge on any atom is -0.306 e. The number of hydrogen-bond acceptors (Lipinski definition) is 3. The highest BCUT2D eigenvalue weighted by Gasteiger charge is 2.05. The zero-order chi connectivity index (χ0) is 16.2. The molecular formula is C17H13Cl3N2S. The number of nitrogens with zero attached hydrogens (tertiary/aromatic N) is 1. The molecule has 0 spiro atoms. The molecule has 2 nitrogen and oxygen atoms in total. The van der Waals surface area contributed by atoms with E-state index in [-0.39, 0.29) is 0 Å². The van der Waals surface area contributed by atoms with Crippen LogP contribution in [0.4, 0.5) is 0 Å². The standard InChI is InChI=1S/C17H13Cl3N2S/c18-13-4-2-12(3-5-13)16-9-22-17(23-16)10-21-8-11-1-6-14(19)15(20)7-11/h1-7,9,21H,8,10H2. The number of benzene rings is 2. The van der Waals surface area contributed by atoms with E-state index in [1.54, 1.807) is 11.3 Å². The molecule has 3 rings (SSSR count). The summed E-state index contributed by atoms with van der Waals surface area (Å²) < 4.78 is 0. The fraction of sp³-hybridized carbons (Fsp3) is 0.118. The lowest BCUT2D eigenvalue weighted by atomic mass is 10.2. The second-order valence-electron chi connectivity index (χ2n) is 4.98. The fourth-order valence-electron chi connectivity index (χ4n) is 2.10. The maximum atomic E-state index is 6.01. The molecule has 1 N–H and O–H groups in total. The van der Waals surface area contributed by atoms with E-state index in [1.807, 2.05) is 48.7 Å². The molecule has 118 valence electrons. The Balaban J connectivity index is 1.59. The van der Waals surface area contributed by atoms with Crippen LogP contribution in [-0.4, -0.2) is 4.98 Å². The van der Waals surface area contributed by atoms with Crippen LogP contribution in [-0.2, 0) is 13.1 Å². The predicted octanol–water partition coefficient (Wildman–Crippen LogP) is 6.06. The summed E-state index contributed by atoms with van der Waals surface area (Å²) in [5.41, 5.74) is 2.22. The zero-order valence-electron chi connectivity index (χ0n) is 12.0. The van der Waals surface area contributed by atoms with Gasteiger partial charge in [0.1, 0.15) is 5.01 Å². The van der Waals surface area contributed by atoms with Crippen molar-refractivity contribution in [3.8, 4) is 10.4 Å². The summed E-state index contributed by atoms with van der Waals surface area (Å²) in [5, 5.41) is 6.28. The third-order valence-electron chi connectivity index (χ3n) is 3.27. The molecular weight excluding hydrogens is 371 g/mol. The highest BCUT2D eigenvalue weighted by Crippen LogP contribution is 2.27. The molecule has 0 fully saturated rings. The summed E-state index contributed by atoms with van der Waals surface area (Å²) in [6.45, 7) is 1.42. The first-order valence-electron chi connectivity index (χ1n) is 6.97. The molecule has 23 heavy (non-hydrogen) atoms. The molecule has 0 saturated heterocycles. The number of halogens is 3. The van der Waals surface area contributed by atoms with Crippen molar-refractivity contribution in [1.29, 1.82) is 0 Å². The summed E-state index contributed by atoms with van der Waals surface area (Å²) in [7, 11) is 0. The predicted molar refractivity (Wildman–Crippen MR) is 99.6 cm³/mol. The van der Waals surface area contributed by atoms with E-state index in [9.17, 15) is 0 Å². The molecule has 2 aromatic carbocycles. The third kappa shape index (κ3) is 4.46. The largest absolute Gasteiger partial charge is 0.306 e. The van der Waals surface area contributed by atoms with Crippen LogP contribution < -0.4 is 5.32 Å². The Kier molecular flexibility index (Phi) is 5.57.